The van der Waals surface area contributed by atoms with Gasteiger partial charge in [-0.2, -0.15) is 0 Å². The highest BCUT2D eigenvalue weighted by Crippen LogP contribution is 2.65. The number of fused-ring (bicyclic) bond motifs is 3. The van der Waals surface area contributed by atoms with Gasteiger partial charge >= 0.3 is 0 Å². The number of carbonyl (C=O) groups is 3. The number of aryl methyl sites for hydroxylation is 2. The molecular formula is C30H38O7. The molecule has 1 aromatic carbocycles. The highest BCUT2D eigenvalue weighted by molar-refractivity contribution is 6.24. The number of allylic oxidation sites excluding steroid dienone is 1. The lowest BCUT2D eigenvalue weighted by Crippen LogP contribution is -2.69. The molecule has 1 fully saturated rings. The van der Waals surface area contributed by atoms with Crippen molar-refractivity contribution in [2.75, 3.05) is 0 Å². The van der Waals surface area contributed by atoms with Crippen molar-refractivity contribution in [3.8, 4) is 5.75 Å². The third-order valence-corrected chi connectivity index (χ3v) is 9.08. The van der Waals surface area contributed by atoms with Gasteiger partial charge in [0.25, 0.3) is 0 Å². The molecule has 0 radical (unpaired) electrons. The SMILES string of the molecule is CCCc1cc(CC)c(O)c2c1C[C@]1(C)C[C@]3(C)C(C(C)C)C(=O)C(C(C)=O)=C(O)[C@]3(O)C(=O)C1=C2O. The van der Waals surface area contributed by atoms with Crippen LogP contribution in [-0.4, -0.2) is 43.4 Å². The van der Waals surface area contributed by atoms with E-state index in [1.54, 1.807) is 20.8 Å². The quantitative estimate of drug-likeness (QED) is 0.422. The summed E-state index contributed by atoms with van der Waals surface area (Å²) in [5.41, 5.74) is -3.07. The van der Waals surface area contributed by atoms with Crippen molar-refractivity contribution in [1.82, 2.24) is 0 Å². The third kappa shape index (κ3) is 3.32. The fourth-order valence-corrected chi connectivity index (χ4v) is 7.68. The molecule has 3 aliphatic carbocycles. The summed E-state index contributed by atoms with van der Waals surface area (Å²) >= 11 is 0. The van der Waals surface area contributed by atoms with E-state index in [1.807, 2.05) is 26.8 Å². The van der Waals surface area contributed by atoms with Crippen molar-refractivity contribution in [3.05, 3.63) is 45.2 Å². The molecule has 37 heavy (non-hydrogen) atoms. The summed E-state index contributed by atoms with van der Waals surface area (Å²) in [6.07, 6.45) is 2.51. The first kappa shape index (κ1) is 27.1. The predicted molar refractivity (Wildman–Crippen MR) is 139 cm³/mol. The first-order valence-electron chi connectivity index (χ1n) is 13.2. The summed E-state index contributed by atoms with van der Waals surface area (Å²) in [7, 11) is 0. The minimum atomic E-state index is -2.58. The molecule has 0 bridgehead atoms. The number of Topliss-reactive ketones (excluding diaryl/α,β-unsaturated/α-hetero) is 3. The Bertz CT molecular complexity index is 1300. The minimum absolute atomic E-state index is 0.0858. The zero-order valence-electron chi connectivity index (χ0n) is 22.8. The molecular weight excluding hydrogens is 472 g/mol. The lowest BCUT2D eigenvalue weighted by atomic mass is 9.43. The Hall–Kier alpha value is -2.93. The van der Waals surface area contributed by atoms with Crippen LogP contribution in [0.1, 0.15) is 83.6 Å². The summed E-state index contributed by atoms with van der Waals surface area (Å²) in [5.74, 6) is -4.95. The van der Waals surface area contributed by atoms with E-state index in [-0.39, 0.29) is 29.2 Å². The van der Waals surface area contributed by atoms with Gasteiger partial charge in [0.15, 0.2) is 17.2 Å². The molecule has 7 nitrogen and oxygen atoms in total. The van der Waals surface area contributed by atoms with Crippen LogP contribution in [0, 0.1) is 22.7 Å². The third-order valence-electron chi connectivity index (χ3n) is 9.08. The number of ketones is 3. The molecule has 4 N–H and O–H groups in total. The van der Waals surface area contributed by atoms with Crippen molar-refractivity contribution in [1.29, 1.82) is 0 Å². The van der Waals surface area contributed by atoms with Crippen LogP contribution in [0.4, 0.5) is 0 Å². The summed E-state index contributed by atoms with van der Waals surface area (Å²) in [6, 6.07) is 1.96. The van der Waals surface area contributed by atoms with E-state index >= 15 is 0 Å². The molecule has 1 unspecified atom stereocenters. The minimum Gasteiger partial charge on any atom is -0.508 e. The first-order chi connectivity index (χ1) is 17.1. The lowest BCUT2D eigenvalue weighted by molar-refractivity contribution is -0.178. The van der Waals surface area contributed by atoms with E-state index in [0.717, 1.165) is 30.9 Å². The fourth-order valence-electron chi connectivity index (χ4n) is 7.68. The number of phenols is 1. The van der Waals surface area contributed by atoms with Crippen LogP contribution in [0.5, 0.6) is 5.75 Å². The van der Waals surface area contributed by atoms with E-state index in [4.69, 9.17) is 0 Å². The second-order valence-electron chi connectivity index (χ2n) is 12.0. The van der Waals surface area contributed by atoms with Crippen molar-refractivity contribution in [2.45, 2.75) is 86.2 Å². The van der Waals surface area contributed by atoms with E-state index in [2.05, 4.69) is 0 Å². The highest BCUT2D eigenvalue weighted by Gasteiger charge is 2.72. The van der Waals surface area contributed by atoms with Crippen LogP contribution < -0.4 is 0 Å². The van der Waals surface area contributed by atoms with Gasteiger partial charge in [-0.05, 0) is 55.2 Å². The second kappa shape index (κ2) is 8.55. The average molecular weight is 511 g/mol. The molecule has 4 rings (SSSR count). The van der Waals surface area contributed by atoms with Crippen LogP contribution in [0.3, 0.4) is 0 Å². The molecule has 0 amide bonds. The number of hydrogen-bond acceptors (Lipinski definition) is 7. The molecule has 0 spiro atoms. The molecule has 0 aromatic heterocycles. The molecule has 0 aliphatic heterocycles. The Balaban J connectivity index is 2.10. The number of aromatic hydroxyl groups is 1. The van der Waals surface area contributed by atoms with E-state index < -0.39 is 56.8 Å². The largest absolute Gasteiger partial charge is 0.508 e. The van der Waals surface area contributed by atoms with Gasteiger partial charge in [0.05, 0.1) is 5.56 Å². The Morgan fingerprint density at radius 2 is 1.73 bits per heavy atom. The van der Waals surface area contributed by atoms with Crippen molar-refractivity contribution >= 4 is 23.1 Å². The Labute approximate surface area is 217 Å². The molecule has 1 saturated carbocycles. The summed E-state index contributed by atoms with van der Waals surface area (Å²) in [4.78, 5) is 40.3. The van der Waals surface area contributed by atoms with Gasteiger partial charge in [-0.15, -0.1) is 0 Å². The Kier molecular flexibility index (Phi) is 6.27. The van der Waals surface area contributed by atoms with Crippen molar-refractivity contribution in [3.63, 3.8) is 0 Å². The van der Waals surface area contributed by atoms with Gasteiger partial charge in [-0.3, -0.25) is 14.4 Å². The maximum Gasteiger partial charge on any atom is 0.203 e. The van der Waals surface area contributed by atoms with Gasteiger partial charge in [0.1, 0.15) is 22.8 Å². The first-order valence-corrected chi connectivity index (χ1v) is 13.2. The summed E-state index contributed by atoms with van der Waals surface area (Å²) in [5, 5.41) is 46.0. The standard InChI is InChI=1S/C30H38O7/c1-8-10-17-11-16(9-2)23(32)20-18(17)12-28(6)13-29(7)21(14(3)4)24(33)19(15(5)31)26(35)30(29,37)27(36)22(28)25(20)34/h11,14,21,32,34-35,37H,8-10,12-13H2,1-7H3/t21?,28-,29-,30+/m1/s1. The number of hydrogen-bond donors (Lipinski definition) is 4. The predicted octanol–water partition coefficient (Wildman–Crippen LogP) is 4.70. The average Bonchev–Trinajstić information content (AvgIpc) is 2.77. The van der Waals surface area contributed by atoms with Gasteiger partial charge in [-0.1, -0.05) is 54.0 Å². The van der Waals surface area contributed by atoms with E-state index in [1.165, 1.54) is 0 Å². The number of aliphatic hydroxyl groups is 3. The lowest BCUT2D eigenvalue weighted by Gasteiger charge is -2.59. The number of aliphatic hydroxyl groups excluding tert-OH is 2. The van der Waals surface area contributed by atoms with Crippen LogP contribution in [0.2, 0.25) is 0 Å². The number of carbonyl (C=O) groups excluding carboxylic acids is 3. The van der Waals surface area contributed by atoms with Crippen LogP contribution in [0.25, 0.3) is 5.76 Å². The van der Waals surface area contributed by atoms with Gasteiger partial charge in [0.2, 0.25) is 5.78 Å². The zero-order chi connectivity index (χ0) is 27.8. The maximum absolute atomic E-state index is 14.3. The van der Waals surface area contributed by atoms with E-state index in [9.17, 15) is 34.8 Å². The molecule has 200 valence electrons. The second-order valence-corrected chi connectivity index (χ2v) is 12.0. The number of phenolic OH excluding ortho intramolecular Hbond substituents is 1. The van der Waals surface area contributed by atoms with Crippen LogP contribution >= 0.6 is 0 Å². The fraction of sp³-hybridized carbons (Fsp3) is 0.567. The molecule has 0 saturated heterocycles. The van der Waals surface area contributed by atoms with Gasteiger partial charge in [-0.25, -0.2) is 0 Å². The Morgan fingerprint density at radius 3 is 2.24 bits per heavy atom. The summed E-state index contributed by atoms with van der Waals surface area (Å²) in [6.45, 7) is 12.1. The maximum atomic E-state index is 14.3. The van der Waals surface area contributed by atoms with Crippen molar-refractivity contribution < 1.29 is 34.8 Å². The smallest absolute Gasteiger partial charge is 0.203 e. The molecule has 1 aromatic rings. The van der Waals surface area contributed by atoms with Crippen molar-refractivity contribution in [2.24, 2.45) is 22.7 Å². The van der Waals surface area contributed by atoms with Crippen LogP contribution in [-0.2, 0) is 33.6 Å². The molecule has 3 aliphatic rings. The highest BCUT2D eigenvalue weighted by atomic mass is 16.3. The van der Waals surface area contributed by atoms with E-state index in [0.29, 0.717) is 18.4 Å². The van der Waals surface area contributed by atoms with Gasteiger partial charge in [0, 0.05) is 22.3 Å². The molecule has 0 heterocycles. The summed E-state index contributed by atoms with van der Waals surface area (Å²) < 4.78 is 0. The molecule has 4 atom stereocenters. The molecule has 7 heteroatoms. The normalized spacial score (nSPS) is 31.4. The zero-order valence-corrected chi connectivity index (χ0v) is 22.8. The monoisotopic (exact) mass is 510 g/mol. The van der Waals surface area contributed by atoms with Crippen LogP contribution in [0.15, 0.2) is 23.0 Å². The number of benzene rings is 1. The Morgan fingerprint density at radius 1 is 1.11 bits per heavy atom. The topological polar surface area (TPSA) is 132 Å². The number of rotatable bonds is 5. The van der Waals surface area contributed by atoms with Gasteiger partial charge < -0.3 is 20.4 Å².